The number of ketones is 1. The van der Waals surface area contributed by atoms with Gasteiger partial charge in [0, 0.05) is 31.0 Å². The van der Waals surface area contributed by atoms with Gasteiger partial charge in [0.05, 0.1) is 5.54 Å². The zero-order valence-electron chi connectivity index (χ0n) is 14.3. The van der Waals surface area contributed by atoms with Crippen LogP contribution < -0.4 is 5.73 Å². The molecule has 0 amide bonds. The molecule has 132 valence electrons. The van der Waals surface area contributed by atoms with Crippen LogP contribution in [0.25, 0.3) is 0 Å². The summed E-state index contributed by atoms with van der Waals surface area (Å²) in [5.41, 5.74) is 6.93. The molecule has 1 aromatic heterocycles. The van der Waals surface area contributed by atoms with Crippen LogP contribution in [0.4, 0.5) is 4.39 Å². The molecule has 25 heavy (non-hydrogen) atoms. The van der Waals surface area contributed by atoms with E-state index in [-0.39, 0.29) is 18.0 Å². The predicted molar refractivity (Wildman–Crippen MR) is 98.3 cm³/mol. The van der Waals surface area contributed by atoms with Crippen LogP contribution in [0.1, 0.15) is 41.4 Å². The van der Waals surface area contributed by atoms with E-state index in [0.29, 0.717) is 22.8 Å². The maximum Gasteiger partial charge on any atom is 0.187 e. The number of benzene rings is 1. The number of carbonyl (C=O) groups excluding carboxylic acids is 1. The number of nitrogens with zero attached hydrogens (tertiary/aromatic N) is 3. The lowest BCUT2D eigenvalue weighted by Crippen LogP contribution is -2.32. The molecule has 0 radical (unpaired) electrons. The third-order valence-corrected chi connectivity index (χ3v) is 5.37. The molecule has 0 fully saturated rings. The van der Waals surface area contributed by atoms with Crippen molar-refractivity contribution in [1.82, 2.24) is 9.78 Å². The van der Waals surface area contributed by atoms with E-state index in [4.69, 9.17) is 5.73 Å². The standard InChI is InChI=1S/C18H21FN4OS/c1-3-18(7-9-25-17(20)21-18)13-10-12(4-5-14(13)19)11-16(24)15-6-8-23(2)22-15/h4-6,8,10H,3,7,9,11H2,1-2H3,(H2,20,21)/t18-/m0/s1. The summed E-state index contributed by atoms with van der Waals surface area (Å²) in [6, 6.07) is 6.50. The molecule has 1 atom stereocenters. The number of carbonyl (C=O) groups is 1. The molecule has 7 heteroatoms. The Morgan fingerprint density at radius 3 is 2.88 bits per heavy atom. The van der Waals surface area contributed by atoms with Gasteiger partial charge in [0.15, 0.2) is 11.0 Å². The summed E-state index contributed by atoms with van der Waals surface area (Å²) in [5.74, 6) is 0.407. The van der Waals surface area contributed by atoms with Crippen molar-refractivity contribution in [1.29, 1.82) is 0 Å². The Bertz CT molecular complexity index is 832. The maximum atomic E-state index is 14.6. The number of aromatic nitrogens is 2. The highest BCUT2D eigenvalue weighted by Gasteiger charge is 2.35. The molecular formula is C18H21FN4OS. The monoisotopic (exact) mass is 360 g/mol. The van der Waals surface area contributed by atoms with Gasteiger partial charge in [0.2, 0.25) is 0 Å². The van der Waals surface area contributed by atoms with E-state index < -0.39 is 5.54 Å². The van der Waals surface area contributed by atoms with Crippen LogP contribution >= 0.6 is 11.8 Å². The molecule has 0 unspecified atom stereocenters. The van der Waals surface area contributed by atoms with Gasteiger partial charge in [-0.1, -0.05) is 24.8 Å². The summed E-state index contributed by atoms with van der Waals surface area (Å²) >= 11 is 1.49. The van der Waals surface area contributed by atoms with Crippen LogP contribution in [0.5, 0.6) is 0 Å². The highest BCUT2D eigenvalue weighted by molar-refractivity contribution is 8.13. The van der Waals surface area contributed by atoms with Gasteiger partial charge in [-0.3, -0.25) is 14.5 Å². The van der Waals surface area contributed by atoms with Crippen LogP contribution in [0.3, 0.4) is 0 Å². The minimum atomic E-state index is -0.649. The predicted octanol–water partition coefficient (Wildman–Crippen LogP) is 3.04. The lowest BCUT2D eigenvalue weighted by molar-refractivity contribution is 0.0987. The Hall–Kier alpha value is -2.15. The number of aryl methyl sites for hydroxylation is 1. The number of aliphatic imine (C=N–C) groups is 1. The van der Waals surface area contributed by atoms with Crippen molar-refractivity contribution in [2.45, 2.75) is 31.7 Å². The number of halogens is 1. The first kappa shape index (κ1) is 17.7. The molecule has 1 aromatic carbocycles. The number of hydrogen-bond acceptors (Lipinski definition) is 5. The third kappa shape index (κ3) is 3.61. The van der Waals surface area contributed by atoms with Crippen molar-refractivity contribution < 1.29 is 9.18 Å². The lowest BCUT2D eigenvalue weighted by Gasteiger charge is -2.33. The van der Waals surface area contributed by atoms with Crippen LogP contribution in [0, 0.1) is 5.82 Å². The van der Waals surface area contributed by atoms with Gasteiger partial charge in [-0.25, -0.2) is 4.39 Å². The lowest BCUT2D eigenvalue weighted by atomic mass is 9.83. The molecule has 5 nitrogen and oxygen atoms in total. The molecule has 3 rings (SSSR count). The zero-order valence-corrected chi connectivity index (χ0v) is 15.1. The normalized spacial score (nSPS) is 20.4. The molecule has 0 saturated carbocycles. The summed E-state index contributed by atoms with van der Waals surface area (Å²) < 4.78 is 16.1. The van der Waals surface area contributed by atoms with Gasteiger partial charge >= 0.3 is 0 Å². The summed E-state index contributed by atoms with van der Waals surface area (Å²) in [4.78, 5) is 16.9. The molecule has 2 N–H and O–H groups in total. The van der Waals surface area contributed by atoms with Gasteiger partial charge in [0.1, 0.15) is 11.5 Å². The fraction of sp³-hybridized carbons (Fsp3) is 0.389. The molecule has 1 aliphatic rings. The number of thioether (sulfide) groups is 1. The van der Waals surface area contributed by atoms with Crippen molar-refractivity contribution in [3.8, 4) is 0 Å². The van der Waals surface area contributed by atoms with E-state index in [1.807, 2.05) is 6.92 Å². The van der Waals surface area contributed by atoms with E-state index in [9.17, 15) is 9.18 Å². The van der Waals surface area contributed by atoms with Crippen molar-refractivity contribution in [2.24, 2.45) is 17.8 Å². The Morgan fingerprint density at radius 1 is 1.44 bits per heavy atom. The van der Waals surface area contributed by atoms with E-state index in [1.54, 1.807) is 36.1 Å². The minimum Gasteiger partial charge on any atom is -0.379 e. The summed E-state index contributed by atoms with van der Waals surface area (Å²) in [6.45, 7) is 1.98. The number of hydrogen-bond donors (Lipinski definition) is 1. The highest BCUT2D eigenvalue weighted by Crippen LogP contribution is 2.39. The quantitative estimate of drug-likeness (QED) is 0.832. The van der Waals surface area contributed by atoms with Crippen LogP contribution in [-0.4, -0.2) is 26.5 Å². The first-order chi connectivity index (χ1) is 11.9. The van der Waals surface area contributed by atoms with Gasteiger partial charge in [0.25, 0.3) is 0 Å². The molecular weight excluding hydrogens is 339 g/mol. The van der Waals surface area contributed by atoms with E-state index in [2.05, 4.69) is 10.1 Å². The van der Waals surface area contributed by atoms with Crippen molar-refractivity contribution in [3.63, 3.8) is 0 Å². The van der Waals surface area contributed by atoms with Gasteiger partial charge < -0.3 is 5.73 Å². The summed E-state index contributed by atoms with van der Waals surface area (Å²) in [6.07, 6.45) is 3.29. The van der Waals surface area contributed by atoms with Crippen molar-refractivity contribution in [2.75, 3.05) is 5.75 Å². The van der Waals surface area contributed by atoms with Crippen LogP contribution in [-0.2, 0) is 19.0 Å². The average Bonchev–Trinajstić information content (AvgIpc) is 3.03. The number of rotatable bonds is 5. The first-order valence-electron chi connectivity index (χ1n) is 8.23. The van der Waals surface area contributed by atoms with Gasteiger partial charge in [-0.2, -0.15) is 5.10 Å². The Labute approximate surface area is 150 Å². The minimum absolute atomic E-state index is 0.0917. The third-order valence-electron chi connectivity index (χ3n) is 4.57. The number of nitrogens with two attached hydrogens (primary N) is 1. The second kappa shape index (κ2) is 7.00. The maximum absolute atomic E-state index is 14.6. The SMILES string of the molecule is CC[C@@]1(c2cc(CC(=O)c3ccn(C)n3)ccc2F)CCSC(N)=N1. The molecule has 0 bridgehead atoms. The summed E-state index contributed by atoms with van der Waals surface area (Å²) in [7, 11) is 1.77. The van der Waals surface area contributed by atoms with E-state index >= 15 is 0 Å². The fourth-order valence-electron chi connectivity index (χ4n) is 3.14. The Kier molecular flexibility index (Phi) is 4.94. The van der Waals surface area contributed by atoms with E-state index in [0.717, 1.165) is 17.7 Å². The average molecular weight is 360 g/mol. The van der Waals surface area contributed by atoms with Crippen molar-refractivity contribution >= 4 is 22.7 Å². The number of Topliss-reactive ketones (excluding diaryl/α,β-unsaturated/α-hetero) is 1. The Morgan fingerprint density at radius 2 is 2.24 bits per heavy atom. The molecule has 0 spiro atoms. The molecule has 0 aliphatic carbocycles. The molecule has 2 heterocycles. The second-order valence-corrected chi connectivity index (χ2v) is 7.34. The molecule has 1 aliphatic heterocycles. The van der Waals surface area contributed by atoms with Crippen LogP contribution in [0.2, 0.25) is 0 Å². The van der Waals surface area contributed by atoms with Crippen molar-refractivity contribution in [3.05, 3.63) is 53.1 Å². The number of amidine groups is 1. The largest absolute Gasteiger partial charge is 0.379 e. The second-order valence-electron chi connectivity index (χ2n) is 6.22. The van der Waals surface area contributed by atoms with Gasteiger partial charge in [-0.05, 0) is 36.6 Å². The highest BCUT2D eigenvalue weighted by atomic mass is 32.2. The summed E-state index contributed by atoms with van der Waals surface area (Å²) in [5, 5.41) is 4.62. The topological polar surface area (TPSA) is 73.3 Å². The first-order valence-corrected chi connectivity index (χ1v) is 9.22. The molecule has 2 aromatic rings. The zero-order chi connectivity index (χ0) is 18.0. The van der Waals surface area contributed by atoms with Crippen LogP contribution in [0.15, 0.2) is 35.5 Å². The molecule has 0 saturated heterocycles. The smallest absolute Gasteiger partial charge is 0.187 e. The van der Waals surface area contributed by atoms with Gasteiger partial charge in [-0.15, -0.1) is 0 Å². The Balaban J connectivity index is 1.93. The van der Waals surface area contributed by atoms with E-state index in [1.165, 1.54) is 17.8 Å². The fourth-order valence-corrected chi connectivity index (χ4v) is 4.03.